The van der Waals surface area contributed by atoms with Crippen molar-refractivity contribution in [1.29, 1.82) is 0 Å². The van der Waals surface area contributed by atoms with E-state index >= 15 is 0 Å². The molecule has 0 aromatic carbocycles. The Morgan fingerprint density at radius 1 is 1.35 bits per heavy atom. The summed E-state index contributed by atoms with van der Waals surface area (Å²) in [6.07, 6.45) is 6.64. The van der Waals surface area contributed by atoms with Crippen LogP contribution in [0.25, 0.3) is 0 Å². The van der Waals surface area contributed by atoms with Gasteiger partial charge in [0.25, 0.3) is 0 Å². The summed E-state index contributed by atoms with van der Waals surface area (Å²) in [5.41, 5.74) is 6.03. The third kappa shape index (κ3) is 4.30. The van der Waals surface area contributed by atoms with Gasteiger partial charge in [-0.2, -0.15) is 0 Å². The zero-order valence-electron chi connectivity index (χ0n) is 11.6. The first-order valence-electron chi connectivity index (χ1n) is 7.12. The van der Waals surface area contributed by atoms with Gasteiger partial charge in [-0.1, -0.05) is 33.6 Å². The summed E-state index contributed by atoms with van der Waals surface area (Å²) in [5.74, 6) is 0.661. The molecule has 0 radical (unpaired) electrons. The maximum atomic E-state index is 12.4. The molecule has 1 unspecified atom stereocenters. The maximum Gasteiger partial charge on any atom is 0.239 e. The number of hydrogen-bond donors (Lipinski definition) is 1. The van der Waals surface area contributed by atoms with Gasteiger partial charge in [0.05, 0.1) is 6.04 Å². The summed E-state index contributed by atoms with van der Waals surface area (Å²) in [5, 5.41) is 0. The Morgan fingerprint density at radius 3 is 2.65 bits per heavy atom. The number of hydrogen-bond acceptors (Lipinski definition) is 2. The van der Waals surface area contributed by atoms with Crippen LogP contribution < -0.4 is 5.73 Å². The molecule has 17 heavy (non-hydrogen) atoms. The fourth-order valence-electron chi connectivity index (χ4n) is 2.71. The lowest BCUT2D eigenvalue weighted by atomic mass is 10.0. The minimum Gasteiger partial charge on any atom is -0.338 e. The van der Waals surface area contributed by atoms with Crippen molar-refractivity contribution < 1.29 is 4.79 Å². The molecule has 1 heterocycles. The lowest BCUT2D eigenvalue weighted by Crippen LogP contribution is -2.48. The average Bonchev–Trinajstić information content (AvgIpc) is 2.51. The molecule has 100 valence electrons. The molecule has 2 atom stereocenters. The fraction of sp³-hybridized carbons (Fsp3) is 0.929. The fourth-order valence-corrected chi connectivity index (χ4v) is 2.71. The highest BCUT2D eigenvalue weighted by molar-refractivity contribution is 5.82. The average molecular weight is 240 g/mol. The summed E-state index contributed by atoms with van der Waals surface area (Å²) in [4.78, 5) is 14.4. The molecule has 1 fully saturated rings. The quantitative estimate of drug-likeness (QED) is 0.821. The maximum absolute atomic E-state index is 12.4. The van der Waals surface area contributed by atoms with Gasteiger partial charge in [0.2, 0.25) is 5.91 Å². The van der Waals surface area contributed by atoms with E-state index in [4.69, 9.17) is 5.73 Å². The highest BCUT2D eigenvalue weighted by Gasteiger charge is 2.27. The number of likely N-dealkylation sites (tertiary alicyclic amines) is 1. The van der Waals surface area contributed by atoms with Gasteiger partial charge in [0.15, 0.2) is 0 Å². The number of rotatable bonds is 4. The smallest absolute Gasteiger partial charge is 0.239 e. The summed E-state index contributed by atoms with van der Waals surface area (Å²) in [6, 6.07) is 0.116. The lowest BCUT2D eigenvalue weighted by molar-refractivity contribution is -0.135. The van der Waals surface area contributed by atoms with Gasteiger partial charge in [-0.25, -0.2) is 0 Å². The first-order chi connectivity index (χ1) is 8.06. The molecule has 1 rings (SSSR count). The largest absolute Gasteiger partial charge is 0.338 e. The van der Waals surface area contributed by atoms with Crippen molar-refractivity contribution in [2.24, 2.45) is 11.7 Å². The molecule has 0 spiro atoms. The van der Waals surface area contributed by atoms with Crippen molar-refractivity contribution in [1.82, 2.24) is 4.90 Å². The van der Waals surface area contributed by atoms with Crippen LogP contribution in [0.3, 0.4) is 0 Å². The number of amides is 1. The standard InChI is InChI=1S/C14H28N2O/c1-4-12-8-6-5-7-9-16(12)14(17)13(15)10-11(2)3/h11-13H,4-10,15H2,1-3H3/t12?,13-/m0/s1. The molecule has 1 saturated heterocycles. The minimum atomic E-state index is -0.304. The van der Waals surface area contributed by atoms with E-state index in [1.54, 1.807) is 0 Å². The Hall–Kier alpha value is -0.570. The summed E-state index contributed by atoms with van der Waals surface area (Å²) in [6.45, 7) is 7.31. The van der Waals surface area contributed by atoms with Crippen LogP contribution in [0, 0.1) is 5.92 Å². The van der Waals surface area contributed by atoms with Gasteiger partial charge in [0, 0.05) is 12.6 Å². The second-order valence-electron chi connectivity index (χ2n) is 5.68. The van der Waals surface area contributed by atoms with Crippen LogP contribution in [0.1, 0.15) is 59.3 Å². The molecule has 1 aliphatic rings. The van der Waals surface area contributed by atoms with Gasteiger partial charge in [-0.3, -0.25) is 4.79 Å². The predicted molar refractivity (Wildman–Crippen MR) is 71.7 cm³/mol. The molecule has 3 nitrogen and oxygen atoms in total. The zero-order valence-corrected chi connectivity index (χ0v) is 11.6. The summed E-state index contributed by atoms with van der Waals surface area (Å²) in [7, 11) is 0. The zero-order chi connectivity index (χ0) is 12.8. The highest BCUT2D eigenvalue weighted by atomic mass is 16.2. The molecule has 1 aliphatic heterocycles. The van der Waals surface area contributed by atoms with Gasteiger partial charge >= 0.3 is 0 Å². The van der Waals surface area contributed by atoms with Crippen molar-refractivity contribution >= 4 is 5.91 Å². The molecular formula is C14H28N2O. The van der Waals surface area contributed by atoms with Crippen LogP contribution in [0.5, 0.6) is 0 Å². The third-order valence-corrected chi connectivity index (χ3v) is 3.67. The van der Waals surface area contributed by atoms with Crippen molar-refractivity contribution in [3.8, 4) is 0 Å². The first-order valence-corrected chi connectivity index (χ1v) is 7.12. The van der Waals surface area contributed by atoms with Crippen LogP contribution in [0.15, 0.2) is 0 Å². The molecular weight excluding hydrogens is 212 g/mol. The Kier molecular flexibility index (Phi) is 5.96. The molecule has 0 saturated carbocycles. The number of carbonyl (C=O) groups excluding carboxylic acids is 1. The lowest BCUT2D eigenvalue weighted by Gasteiger charge is -2.32. The van der Waals surface area contributed by atoms with Crippen LogP contribution in [-0.2, 0) is 4.79 Å². The topological polar surface area (TPSA) is 46.3 Å². The van der Waals surface area contributed by atoms with E-state index in [0.717, 1.165) is 32.2 Å². The van der Waals surface area contributed by atoms with Crippen LogP contribution in [0.4, 0.5) is 0 Å². The second kappa shape index (κ2) is 7.00. The van der Waals surface area contributed by atoms with Crippen LogP contribution >= 0.6 is 0 Å². The van der Waals surface area contributed by atoms with E-state index in [0.29, 0.717) is 12.0 Å². The predicted octanol–water partition coefficient (Wildman–Crippen LogP) is 2.54. The molecule has 2 N–H and O–H groups in total. The van der Waals surface area contributed by atoms with E-state index < -0.39 is 0 Å². The van der Waals surface area contributed by atoms with Crippen molar-refractivity contribution in [2.45, 2.75) is 71.4 Å². The molecule has 0 bridgehead atoms. The first kappa shape index (κ1) is 14.5. The molecule has 0 aliphatic carbocycles. The normalized spacial score (nSPS) is 23.6. The van der Waals surface area contributed by atoms with E-state index in [1.807, 2.05) is 0 Å². The van der Waals surface area contributed by atoms with E-state index in [9.17, 15) is 4.79 Å². The Morgan fingerprint density at radius 2 is 2.06 bits per heavy atom. The number of nitrogens with two attached hydrogens (primary N) is 1. The SMILES string of the molecule is CCC1CCCCCN1C(=O)[C@@H](N)CC(C)C. The minimum absolute atomic E-state index is 0.174. The summed E-state index contributed by atoms with van der Waals surface area (Å²) < 4.78 is 0. The van der Waals surface area contributed by atoms with Crippen molar-refractivity contribution in [3.05, 3.63) is 0 Å². The van der Waals surface area contributed by atoms with Gasteiger partial charge in [-0.05, 0) is 31.6 Å². The second-order valence-corrected chi connectivity index (χ2v) is 5.68. The van der Waals surface area contributed by atoms with Gasteiger partial charge in [0.1, 0.15) is 0 Å². The van der Waals surface area contributed by atoms with E-state index in [2.05, 4.69) is 25.7 Å². The van der Waals surface area contributed by atoms with Gasteiger partial charge in [-0.15, -0.1) is 0 Å². The van der Waals surface area contributed by atoms with E-state index in [-0.39, 0.29) is 11.9 Å². The molecule has 0 aromatic heterocycles. The monoisotopic (exact) mass is 240 g/mol. The summed E-state index contributed by atoms with van der Waals surface area (Å²) >= 11 is 0. The highest BCUT2D eigenvalue weighted by Crippen LogP contribution is 2.20. The Bertz CT molecular complexity index is 240. The molecule has 0 aromatic rings. The Labute approximate surface area is 106 Å². The molecule has 1 amide bonds. The third-order valence-electron chi connectivity index (χ3n) is 3.67. The van der Waals surface area contributed by atoms with Crippen molar-refractivity contribution in [3.63, 3.8) is 0 Å². The van der Waals surface area contributed by atoms with E-state index in [1.165, 1.54) is 12.8 Å². The number of nitrogens with zero attached hydrogens (tertiary/aromatic N) is 1. The molecule has 3 heteroatoms. The van der Waals surface area contributed by atoms with Crippen molar-refractivity contribution in [2.75, 3.05) is 6.54 Å². The van der Waals surface area contributed by atoms with Gasteiger partial charge < -0.3 is 10.6 Å². The van der Waals surface area contributed by atoms with Crippen LogP contribution in [-0.4, -0.2) is 29.4 Å². The Balaban J connectivity index is 2.63. The number of carbonyl (C=O) groups is 1. The van der Waals surface area contributed by atoms with Crippen LogP contribution in [0.2, 0.25) is 0 Å².